The Bertz CT molecular complexity index is 573. The maximum Gasteiger partial charge on any atom is 0.251 e. The first kappa shape index (κ1) is 13.3. The van der Waals surface area contributed by atoms with Crippen molar-refractivity contribution < 1.29 is 4.79 Å². The molecule has 0 saturated carbocycles. The van der Waals surface area contributed by atoms with Crippen LogP contribution in [0.5, 0.6) is 0 Å². The standard InChI is InChI=1S/C17H19NO/c1-12(2)18-17(19)15-9-10-16(13(3)11-15)14-7-5-4-6-8-14/h4-12H,1-3H3,(H,18,19). The lowest BCUT2D eigenvalue weighted by atomic mass is 9.98. The van der Waals surface area contributed by atoms with Gasteiger partial charge >= 0.3 is 0 Å². The molecule has 0 bridgehead atoms. The van der Waals surface area contributed by atoms with Gasteiger partial charge in [-0.1, -0.05) is 36.4 Å². The number of hydrogen-bond donors (Lipinski definition) is 1. The molecule has 0 atom stereocenters. The molecule has 2 aromatic carbocycles. The number of hydrogen-bond acceptors (Lipinski definition) is 1. The van der Waals surface area contributed by atoms with E-state index in [0.29, 0.717) is 5.56 Å². The van der Waals surface area contributed by atoms with Gasteiger partial charge in [-0.05, 0) is 49.6 Å². The van der Waals surface area contributed by atoms with Crippen LogP contribution in [-0.2, 0) is 0 Å². The van der Waals surface area contributed by atoms with E-state index in [9.17, 15) is 4.79 Å². The van der Waals surface area contributed by atoms with Crippen LogP contribution in [-0.4, -0.2) is 11.9 Å². The van der Waals surface area contributed by atoms with E-state index < -0.39 is 0 Å². The average molecular weight is 253 g/mol. The van der Waals surface area contributed by atoms with E-state index in [1.165, 1.54) is 11.1 Å². The molecule has 2 aromatic rings. The molecule has 1 N–H and O–H groups in total. The van der Waals surface area contributed by atoms with Gasteiger partial charge in [-0.25, -0.2) is 0 Å². The van der Waals surface area contributed by atoms with Gasteiger partial charge in [0.05, 0.1) is 0 Å². The fourth-order valence-corrected chi connectivity index (χ4v) is 2.09. The van der Waals surface area contributed by atoms with Gasteiger partial charge in [0, 0.05) is 11.6 Å². The van der Waals surface area contributed by atoms with Gasteiger partial charge in [0.2, 0.25) is 0 Å². The molecule has 0 unspecified atom stereocenters. The molecule has 2 rings (SSSR count). The highest BCUT2D eigenvalue weighted by atomic mass is 16.1. The van der Waals surface area contributed by atoms with Crippen LogP contribution in [0.4, 0.5) is 0 Å². The molecule has 0 saturated heterocycles. The van der Waals surface area contributed by atoms with Crippen LogP contribution >= 0.6 is 0 Å². The first-order valence-corrected chi connectivity index (χ1v) is 6.55. The number of amides is 1. The highest BCUT2D eigenvalue weighted by Crippen LogP contribution is 2.23. The highest BCUT2D eigenvalue weighted by molar-refractivity contribution is 5.95. The Kier molecular flexibility index (Phi) is 4.00. The predicted molar refractivity (Wildman–Crippen MR) is 79.2 cm³/mol. The summed E-state index contributed by atoms with van der Waals surface area (Å²) in [5.74, 6) is -0.0160. The molecule has 0 aliphatic heterocycles. The van der Waals surface area contributed by atoms with Crippen molar-refractivity contribution in [2.75, 3.05) is 0 Å². The van der Waals surface area contributed by atoms with Gasteiger partial charge in [0.1, 0.15) is 0 Å². The maximum absolute atomic E-state index is 11.9. The molecule has 0 heterocycles. The SMILES string of the molecule is Cc1cc(C(=O)NC(C)C)ccc1-c1ccccc1. The van der Waals surface area contributed by atoms with E-state index in [1.54, 1.807) is 0 Å². The van der Waals surface area contributed by atoms with E-state index >= 15 is 0 Å². The molecule has 19 heavy (non-hydrogen) atoms. The van der Waals surface area contributed by atoms with Crippen molar-refractivity contribution >= 4 is 5.91 Å². The first-order chi connectivity index (χ1) is 9.08. The summed E-state index contributed by atoms with van der Waals surface area (Å²) in [5.41, 5.74) is 4.17. The Morgan fingerprint density at radius 1 is 1.05 bits per heavy atom. The zero-order valence-electron chi connectivity index (χ0n) is 11.6. The van der Waals surface area contributed by atoms with Crippen LogP contribution < -0.4 is 5.32 Å². The van der Waals surface area contributed by atoms with E-state index in [-0.39, 0.29) is 11.9 Å². The van der Waals surface area contributed by atoms with Crippen molar-refractivity contribution in [2.45, 2.75) is 26.8 Å². The molecule has 0 fully saturated rings. The highest BCUT2D eigenvalue weighted by Gasteiger charge is 2.09. The van der Waals surface area contributed by atoms with Gasteiger partial charge in [-0.15, -0.1) is 0 Å². The van der Waals surface area contributed by atoms with Crippen LogP contribution in [0.2, 0.25) is 0 Å². The normalized spacial score (nSPS) is 10.5. The Balaban J connectivity index is 2.30. The molecule has 0 aromatic heterocycles. The topological polar surface area (TPSA) is 29.1 Å². The molecule has 0 spiro atoms. The van der Waals surface area contributed by atoms with Crippen molar-refractivity contribution in [3.05, 3.63) is 59.7 Å². The molecule has 98 valence electrons. The molecule has 0 aliphatic rings. The van der Waals surface area contributed by atoms with Crippen molar-refractivity contribution in [2.24, 2.45) is 0 Å². The first-order valence-electron chi connectivity index (χ1n) is 6.55. The van der Waals surface area contributed by atoms with Gasteiger partial charge in [-0.2, -0.15) is 0 Å². The summed E-state index contributed by atoms with van der Waals surface area (Å²) in [6.45, 7) is 5.96. The second-order valence-electron chi connectivity index (χ2n) is 5.02. The van der Waals surface area contributed by atoms with E-state index in [2.05, 4.69) is 17.4 Å². The molecule has 0 radical (unpaired) electrons. The van der Waals surface area contributed by atoms with Gasteiger partial charge in [0.15, 0.2) is 0 Å². The number of carbonyl (C=O) groups is 1. The quantitative estimate of drug-likeness (QED) is 0.885. The minimum atomic E-state index is -0.0160. The summed E-state index contributed by atoms with van der Waals surface area (Å²) in [6.07, 6.45) is 0. The molecule has 0 aliphatic carbocycles. The zero-order valence-corrected chi connectivity index (χ0v) is 11.6. The summed E-state index contributed by atoms with van der Waals surface area (Å²) < 4.78 is 0. The third-order valence-corrected chi connectivity index (χ3v) is 2.99. The summed E-state index contributed by atoms with van der Waals surface area (Å²) in [5, 5.41) is 2.91. The second-order valence-corrected chi connectivity index (χ2v) is 5.02. The Hall–Kier alpha value is -2.09. The third kappa shape index (κ3) is 3.22. The third-order valence-electron chi connectivity index (χ3n) is 2.99. The Morgan fingerprint density at radius 2 is 1.74 bits per heavy atom. The zero-order chi connectivity index (χ0) is 13.8. The van der Waals surface area contributed by atoms with E-state index in [1.807, 2.05) is 57.2 Å². The summed E-state index contributed by atoms with van der Waals surface area (Å²) in [6, 6.07) is 16.2. The smallest absolute Gasteiger partial charge is 0.251 e. The van der Waals surface area contributed by atoms with Crippen LogP contribution in [0.3, 0.4) is 0 Å². The fraction of sp³-hybridized carbons (Fsp3) is 0.235. The van der Waals surface area contributed by atoms with Gasteiger partial charge in [0.25, 0.3) is 5.91 Å². The van der Waals surface area contributed by atoms with Crippen molar-refractivity contribution in [1.29, 1.82) is 0 Å². The van der Waals surface area contributed by atoms with Crippen LogP contribution in [0, 0.1) is 6.92 Å². The fourth-order valence-electron chi connectivity index (χ4n) is 2.09. The van der Waals surface area contributed by atoms with E-state index in [0.717, 1.165) is 5.56 Å². The van der Waals surface area contributed by atoms with E-state index in [4.69, 9.17) is 0 Å². The number of aryl methyl sites for hydroxylation is 1. The summed E-state index contributed by atoms with van der Waals surface area (Å²) in [4.78, 5) is 11.9. The molecule has 2 nitrogen and oxygen atoms in total. The second kappa shape index (κ2) is 5.70. The lowest BCUT2D eigenvalue weighted by Crippen LogP contribution is -2.30. The predicted octanol–water partition coefficient (Wildman–Crippen LogP) is 3.80. The summed E-state index contributed by atoms with van der Waals surface area (Å²) >= 11 is 0. The van der Waals surface area contributed by atoms with Crippen molar-refractivity contribution in [3.63, 3.8) is 0 Å². The number of benzene rings is 2. The molecular weight excluding hydrogens is 234 g/mol. The van der Waals surface area contributed by atoms with Gasteiger partial charge < -0.3 is 5.32 Å². The Labute approximate surface area is 114 Å². The lowest BCUT2D eigenvalue weighted by molar-refractivity contribution is 0.0943. The number of carbonyl (C=O) groups excluding carboxylic acids is 1. The van der Waals surface area contributed by atoms with Crippen molar-refractivity contribution in [3.8, 4) is 11.1 Å². The lowest BCUT2D eigenvalue weighted by Gasteiger charge is -2.11. The Morgan fingerprint density at radius 3 is 2.32 bits per heavy atom. The largest absolute Gasteiger partial charge is 0.350 e. The van der Waals surface area contributed by atoms with Crippen LogP contribution in [0.1, 0.15) is 29.8 Å². The molecular formula is C17H19NO. The minimum Gasteiger partial charge on any atom is -0.350 e. The number of rotatable bonds is 3. The van der Waals surface area contributed by atoms with Crippen LogP contribution in [0.25, 0.3) is 11.1 Å². The monoisotopic (exact) mass is 253 g/mol. The molecule has 2 heteroatoms. The summed E-state index contributed by atoms with van der Waals surface area (Å²) in [7, 11) is 0. The van der Waals surface area contributed by atoms with Crippen LogP contribution in [0.15, 0.2) is 48.5 Å². The number of nitrogens with one attached hydrogen (secondary N) is 1. The molecule has 1 amide bonds. The average Bonchev–Trinajstić information content (AvgIpc) is 2.38. The van der Waals surface area contributed by atoms with Gasteiger partial charge in [-0.3, -0.25) is 4.79 Å². The minimum absolute atomic E-state index is 0.0160. The van der Waals surface area contributed by atoms with Crippen molar-refractivity contribution in [1.82, 2.24) is 5.32 Å². The maximum atomic E-state index is 11.9.